The summed E-state index contributed by atoms with van der Waals surface area (Å²) in [5.74, 6) is 0.703. The van der Waals surface area contributed by atoms with Gasteiger partial charge in [0.05, 0.1) is 11.3 Å². The van der Waals surface area contributed by atoms with E-state index < -0.39 is 16.6 Å². The Balaban J connectivity index is 2.02. The van der Waals surface area contributed by atoms with Gasteiger partial charge in [0.2, 0.25) is 0 Å². The molecule has 0 saturated carbocycles. The van der Waals surface area contributed by atoms with Gasteiger partial charge in [-0.1, -0.05) is 12.1 Å². The zero-order valence-corrected chi connectivity index (χ0v) is 10.1. The van der Waals surface area contributed by atoms with E-state index in [0.29, 0.717) is 17.2 Å². The van der Waals surface area contributed by atoms with Crippen molar-refractivity contribution >= 4 is 10.8 Å². The summed E-state index contributed by atoms with van der Waals surface area (Å²) < 4.78 is 25.5. The molecular weight excluding hydrogens is 239 g/mol. The lowest BCUT2D eigenvalue weighted by atomic mass is 10.1. The standard InChI is InChI=1S/C12H13FN2OS/c13-12-10(4-14)2-1-3-11(12)8-17(16)7-9-5-15-6-9/h1-3,9,15H,5-8H2. The number of benzene rings is 1. The van der Waals surface area contributed by atoms with Crippen molar-refractivity contribution in [1.82, 2.24) is 5.32 Å². The SMILES string of the molecule is N#Cc1cccc(CS(=O)CC2CNC2)c1F. The second-order valence-corrected chi connectivity index (χ2v) is 5.67. The maximum absolute atomic E-state index is 13.7. The molecule has 1 aliphatic heterocycles. The lowest BCUT2D eigenvalue weighted by Gasteiger charge is -2.26. The third kappa shape index (κ3) is 2.90. The Kier molecular flexibility index (Phi) is 3.87. The van der Waals surface area contributed by atoms with Crippen molar-refractivity contribution in [3.63, 3.8) is 0 Å². The van der Waals surface area contributed by atoms with Crippen LogP contribution in [-0.2, 0) is 16.6 Å². The number of nitriles is 1. The number of halogens is 1. The molecule has 1 heterocycles. The Morgan fingerprint density at radius 1 is 1.53 bits per heavy atom. The molecule has 90 valence electrons. The lowest BCUT2D eigenvalue weighted by molar-refractivity contribution is 0.382. The molecule has 2 rings (SSSR count). The van der Waals surface area contributed by atoms with E-state index in [0.717, 1.165) is 13.1 Å². The number of nitrogens with zero attached hydrogens (tertiary/aromatic N) is 1. The van der Waals surface area contributed by atoms with E-state index in [1.165, 1.54) is 6.07 Å². The van der Waals surface area contributed by atoms with Crippen LogP contribution in [0.5, 0.6) is 0 Å². The molecule has 1 aromatic rings. The molecule has 1 unspecified atom stereocenters. The highest BCUT2D eigenvalue weighted by Crippen LogP contribution is 2.15. The van der Waals surface area contributed by atoms with Gasteiger partial charge in [0.25, 0.3) is 0 Å². The number of nitrogens with one attached hydrogen (secondary N) is 1. The van der Waals surface area contributed by atoms with Gasteiger partial charge in [0, 0.05) is 35.2 Å². The molecule has 1 fully saturated rings. The maximum atomic E-state index is 13.7. The predicted molar refractivity (Wildman–Crippen MR) is 64.2 cm³/mol. The highest BCUT2D eigenvalue weighted by atomic mass is 32.2. The fourth-order valence-electron chi connectivity index (χ4n) is 1.74. The minimum Gasteiger partial charge on any atom is -0.316 e. The van der Waals surface area contributed by atoms with Gasteiger partial charge in [-0.05, 0) is 12.0 Å². The van der Waals surface area contributed by atoms with Crippen molar-refractivity contribution in [2.45, 2.75) is 5.75 Å². The van der Waals surface area contributed by atoms with Crippen LogP contribution in [0.15, 0.2) is 18.2 Å². The van der Waals surface area contributed by atoms with Crippen molar-refractivity contribution in [2.75, 3.05) is 18.8 Å². The van der Waals surface area contributed by atoms with Gasteiger partial charge >= 0.3 is 0 Å². The highest BCUT2D eigenvalue weighted by Gasteiger charge is 2.20. The molecule has 1 saturated heterocycles. The topological polar surface area (TPSA) is 52.9 Å². The highest BCUT2D eigenvalue weighted by molar-refractivity contribution is 7.84. The van der Waals surface area contributed by atoms with Crippen molar-refractivity contribution < 1.29 is 8.60 Å². The van der Waals surface area contributed by atoms with E-state index in [-0.39, 0.29) is 11.3 Å². The fourth-order valence-corrected chi connectivity index (χ4v) is 3.19. The summed E-state index contributed by atoms with van der Waals surface area (Å²) >= 11 is 0. The molecule has 0 bridgehead atoms. The lowest BCUT2D eigenvalue weighted by Crippen LogP contribution is -2.44. The average molecular weight is 252 g/mol. The van der Waals surface area contributed by atoms with Crippen LogP contribution >= 0.6 is 0 Å². The van der Waals surface area contributed by atoms with Gasteiger partial charge in [-0.2, -0.15) is 5.26 Å². The van der Waals surface area contributed by atoms with Gasteiger partial charge in [-0.3, -0.25) is 4.21 Å². The van der Waals surface area contributed by atoms with E-state index in [1.54, 1.807) is 18.2 Å². The van der Waals surface area contributed by atoms with E-state index in [4.69, 9.17) is 5.26 Å². The van der Waals surface area contributed by atoms with Gasteiger partial charge in [0.15, 0.2) is 0 Å². The molecule has 0 aliphatic carbocycles. The van der Waals surface area contributed by atoms with Crippen LogP contribution in [-0.4, -0.2) is 23.1 Å². The van der Waals surface area contributed by atoms with Crippen molar-refractivity contribution in [3.05, 3.63) is 35.1 Å². The van der Waals surface area contributed by atoms with Crippen LogP contribution < -0.4 is 5.32 Å². The van der Waals surface area contributed by atoms with Crippen LogP contribution in [0.1, 0.15) is 11.1 Å². The second kappa shape index (κ2) is 5.39. The second-order valence-electron chi connectivity index (χ2n) is 4.17. The first kappa shape index (κ1) is 12.2. The van der Waals surface area contributed by atoms with E-state index in [9.17, 15) is 8.60 Å². The quantitative estimate of drug-likeness (QED) is 0.875. The van der Waals surface area contributed by atoms with Crippen molar-refractivity contribution in [3.8, 4) is 6.07 Å². The molecule has 5 heteroatoms. The van der Waals surface area contributed by atoms with Crippen molar-refractivity contribution in [1.29, 1.82) is 5.26 Å². The van der Waals surface area contributed by atoms with E-state index in [1.807, 2.05) is 0 Å². The third-order valence-electron chi connectivity index (χ3n) is 2.80. The molecule has 17 heavy (non-hydrogen) atoms. The summed E-state index contributed by atoms with van der Waals surface area (Å²) in [6.45, 7) is 1.79. The van der Waals surface area contributed by atoms with Crippen LogP contribution in [0.4, 0.5) is 4.39 Å². The monoisotopic (exact) mass is 252 g/mol. The van der Waals surface area contributed by atoms with Crippen LogP contribution in [0, 0.1) is 23.1 Å². The van der Waals surface area contributed by atoms with Gasteiger partial charge in [-0.15, -0.1) is 0 Å². The summed E-state index contributed by atoms with van der Waals surface area (Å²) in [7, 11) is -1.06. The number of hydrogen-bond acceptors (Lipinski definition) is 3. The molecule has 1 aliphatic rings. The predicted octanol–water partition coefficient (Wildman–Crippen LogP) is 1.17. The zero-order valence-electron chi connectivity index (χ0n) is 9.28. The van der Waals surface area contributed by atoms with E-state index >= 15 is 0 Å². The summed E-state index contributed by atoms with van der Waals surface area (Å²) in [4.78, 5) is 0. The zero-order chi connectivity index (χ0) is 12.3. The number of hydrogen-bond donors (Lipinski definition) is 1. The van der Waals surface area contributed by atoms with Crippen LogP contribution in [0.25, 0.3) is 0 Å². The molecule has 0 radical (unpaired) electrons. The smallest absolute Gasteiger partial charge is 0.145 e. The molecular formula is C12H13FN2OS. The first-order valence-corrected chi connectivity index (χ1v) is 6.92. The normalized spacial score (nSPS) is 17.2. The van der Waals surface area contributed by atoms with E-state index in [2.05, 4.69) is 5.32 Å². The summed E-state index contributed by atoms with van der Waals surface area (Å²) in [5, 5.41) is 11.8. The molecule has 0 spiro atoms. The molecule has 0 aromatic heterocycles. The molecule has 1 aromatic carbocycles. The summed E-state index contributed by atoms with van der Waals surface area (Å²) in [5.41, 5.74) is 0.388. The third-order valence-corrected chi connectivity index (χ3v) is 4.28. The van der Waals surface area contributed by atoms with Crippen LogP contribution in [0.3, 0.4) is 0 Å². The molecule has 3 nitrogen and oxygen atoms in total. The van der Waals surface area contributed by atoms with Crippen LogP contribution in [0.2, 0.25) is 0 Å². The van der Waals surface area contributed by atoms with Gasteiger partial charge in [0.1, 0.15) is 11.9 Å². The minimum absolute atomic E-state index is 0.0183. The van der Waals surface area contributed by atoms with Gasteiger partial charge < -0.3 is 5.32 Å². The Labute approximate surface area is 102 Å². The minimum atomic E-state index is -1.06. The maximum Gasteiger partial charge on any atom is 0.145 e. The Hall–Kier alpha value is -1.25. The number of rotatable bonds is 4. The van der Waals surface area contributed by atoms with Crippen molar-refractivity contribution in [2.24, 2.45) is 5.92 Å². The fraction of sp³-hybridized carbons (Fsp3) is 0.417. The first-order chi connectivity index (χ1) is 8.20. The molecule has 0 amide bonds. The Bertz CT molecular complexity index is 480. The Morgan fingerprint density at radius 3 is 2.88 bits per heavy atom. The molecule has 1 atom stereocenters. The molecule has 1 N–H and O–H groups in total. The summed E-state index contributed by atoms with van der Waals surface area (Å²) in [6, 6.07) is 6.43. The average Bonchev–Trinajstić information content (AvgIpc) is 2.27. The largest absolute Gasteiger partial charge is 0.316 e. The van der Waals surface area contributed by atoms with Gasteiger partial charge in [-0.25, -0.2) is 4.39 Å². The first-order valence-electron chi connectivity index (χ1n) is 5.44. The Morgan fingerprint density at radius 2 is 2.29 bits per heavy atom. The summed E-state index contributed by atoms with van der Waals surface area (Å²) in [6.07, 6.45) is 0.